The first kappa shape index (κ1) is 21.0. The maximum absolute atomic E-state index is 11.9. The van der Waals surface area contributed by atoms with E-state index in [4.69, 9.17) is 21.1 Å². The summed E-state index contributed by atoms with van der Waals surface area (Å²) in [5.41, 5.74) is 5.70. The molecule has 0 spiro atoms. The molecule has 0 aliphatic heterocycles. The van der Waals surface area contributed by atoms with Crippen molar-refractivity contribution in [1.29, 1.82) is 0 Å². The molecule has 5 nitrogen and oxygen atoms in total. The number of fused-ring (bicyclic) bond motifs is 3. The summed E-state index contributed by atoms with van der Waals surface area (Å²) in [6, 6.07) is 23.5. The molecule has 2 aromatic heterocycles. The van der Waals surface area contributed by atoms with Gasteiger partial charge in [-0.15, -0.1) is 0 Å². The number of carbonyl (C=O) groups is 1. The Morgan fingerprint density at radius 2 is 1.70 bits per heavy atom. The molecule has 0 saturated carbocycles. The van der Waals surface area contributed by atoms with Gasteiger partial charge in [0, 0.05) is 38.5 Å². The Morgan fingerprint density at radius 1 is 0.939 bits per heavy atom. The Balaban J connectivity index is 1.72. The van der Waals surface area contributed by atoms with Gasteiger partial charge < -0.3 is 14.5 Å². The fourth-order valence-corrected chi connectivity index (χ4v) is 4.30. The standard InChI is InChI=1S/C27H21ClN2O3/c1-32-21-11-12-24-23(15-21)22-13-14-30(16-17-3-9-20(28)10-4-17)26(25(22)29-24)18-5-7-19(8-6-18)27(31)33-2/h3-15H,16H2,1-2H3/p+1. The number of nitrogens with one attached hydrogen (secondary N) is 1. The van der Waals surface area contributed by atoms with Crippen LogP contribution >= 0.6 is 11.6 Å². The molecule has 0 radical (unpaired) electrons. The molecule has 3 aromatic carbocycles. The van der Waals surface area contributed by atoms with Gasteiger partial charge in [-0.3, -0.25) is 0 Å². The number of methoxy groups -OCH3 is 2. The van der Waals surface area contributed by atoms with Gasteiger partial charge in [0.2, 0.25) is 5.69 Å². The lowest BCUT2D eigenvalue weighted by atomic mass is 10.0. The normalized spacial score (nSPS) is 11.1. The lowest BCUT2D eigenvalue weighted by molar-refractivity contribution is -0.676. The van der Waals surface area contributed by atoms with Crippen molar-refractivity contribution < 1.29 is 18.8 Å². The van der Waals surface area contributed by atoms with Crippen LogP contribution in [0.3, 0.4) is 0 Å². The first-order valence-electron chi connectivity index (χ1n) is 10.5. The van der Waals surface area contributed by atoms with Gasteiger partial charge in [-0.1, -0.05) is 23.7 Å². The zero-order valence-corrected chi connectivity index (χ0v) is 19.0. The van der Waals surface area contributed by atoms with E-state index in [1.807, 2.05) is 54.6 Å². The van der Waals surface area contributed by atoms with Crippen LogP contribution in [0.25, 0.3) is 33.1 Å². The molecule has 0 amide bonds. The quantitative estimate of drug-likeness (QED) is 0.269. The number of benzene rings is 3. The van der Waals surface area contributed by atoms with Crippen molar-refractivity contribution >= 4 is 39.4 Å². The average Bonchev–Trinajstić information content (AvgIpc) is 3.22. The number of H-pyrrole nitrogens is 1. The van der Waals surface area contributed by atoms with Crippen molar-refractivity contribution in [3.8, 4) is 17.0 Å². The Kier molecular flexibility index (Phi) is 5.48. The number of esters is 1. The summed E-state index contributed by atoms with van der Waals surface area (Å²) in [4.78, 5) is 15.5. The molecule has 0 saturated heterocycles. The summed E-state index contributed by atoms with van der Waals surface area (Å²) < 4.78 is 12.5. The molecule has 0 fully saturated rings. The van der Waals surface area contributed by atoms with Crippen molar-refractivity contribution in [3.05, 3.63) is 95.1 Å². The van der Waals surface area contributed by atoms with Gasteiger partial charge >= 0.3 is 5.97 Å². The average molecular weight is 458 g/mol. The molecular formula is C27H22ClN2O3+. The fraction of sp³-hybridized carbons (Fsp3) is 0.111. The highest BCUT2D eigenvalue weighted by Crippen LogP contribution is 2.33. The highest BCUT2D eigenvalue weighted by Gasteiger charge is 2.22. The third-order valence-corrected chi connectivity index (χ3v) is 6.09. The Hall–Kier alpha value is -3.83. The van der Waals surface area contributed by atoms with Crippen molar-refractivity contribution in [2.45, 2.75) is 6.54 Å². The van der Waals surface area contributed by atoms with Crippen LogP contribution in [0.4, 0.5) is 0 Å². The molecule has 0 bridgehead atoms. The number of ether oxygens (including phenoxy) is 2. The number of halogens is 1. The second-order valence-electron chi connectivity index (χ2n) is 7.81. The van der Waals surface area contributed by atoms with Gasteiger partial charge in [-0.25, -0.2) is 4.79 Å². The number of rotatable bonds is 5. The molecule has 5 rings (SSSR count). The van der Waals surface area contributed by atoms with Crippen molar-refractivity contribution in [2.75, 3.05) is 14.2 Å². The highest BCUT2D eigenvalue weighted by molar-refractivity contribution is 6.30. The third kappa shape index (κ3) is 3.92. The minimum absolute atomic E-state index is 0.355. The summed E-state index contributed by atoms with van der Waals surface area (Å²) in [6.07, 6.45) is 2.09. The second-order valence-corrected chi connectivity index (χ2v) is 8.25. The summed E-state index contributed by atoms with van der Waals surface area (Å²) in [5.74, 6) is 0.455. The predicted octanol–water partition coefficient (Wildman–Crippen LogP) is 5.77. The topological polar surface area (TPSA) is 55.2 Å². The van der Waals surface area contributed by atoms with Crippen LogP contribution in [0.2, 0.25) is 5.02 Å². The summed E-state index contributed by atoms with van der Waals surface area (Å²) in [7, 11) is 3.06. The van der Waals surface area contributed by atoms with E-state index in [9.17, 15) is 4.79 Å². The number of pyridine rings is 1. The van der Waals surface area contributed by atoms with Crippen molar-refractivity contribution in [3.63, 3.8) is 0 Å². The van der Waals surface area contributed by atoms with Crippen molar-refractivity contribution in [2.24, 2.45) is 0 Å². The van der Waals surface area contributed by atoms with Crippen LogP contribution in [0.5, 0.6) is 5.75 Å². The van der Waals surface area contributed by atoms with E-state index in [2.05, 4.69) is 21.8 Å². The van der Waals surface area contributed by atoms with E-state index in [1.54, 1.807) is 19.2 Å². The van der Waals surface area contributed by atoms with Crippen LogP contribution < -0.4 is 9.30 Å². The van der Waals surface area contributed by atoms with E-state index >= 15 is 0 Å². The van der Waals surface area contributed by atoms with Gasteiger partial charge in [0.15, 0.2) is 12.7 Å². The summed E-state index contributed by atoms with van der Waals surface area (Å²) in [5, 5.41) is 2.90. The molecule has 164 valence electrons. The molecule has 1 N–H and O–H groups in total. The van der Waals surface area contributed by atoms with E-state index in [-0.39, 0.29) is 5.97 Å². The monoisotopic (exact) mass is 457 g/mol. The highest BCUT2D eigenvalue weighted by atomic mass is 35.5. The van der Waals surface area contributed by atoms with Gasteiger partial charge in [0.1, 0.15) is 11.3 Å². The van der Waals surface area contributed by atoms with Crippen LogP contribution in [0.1, 0.15) is 15.9 Å². The zero-order chi connectivity index (χ0) is 22.9. The number of carbonyl (C=O) groups excluding carboxylic acids is 1. The number of hydrogen-bond acceptors (Lipinski definition) is 3. The van der Waals surface area contributed by atoms with Crippen LogP contribution in [0.15, 0.2) is 79.0 Å². The molecule has 0 atom stereocenters. The maximum atomic E-state index is 11.9. The van der Waals surface area contributed by atoms with Crippen LogP contribution in [-0.2, 0) is 11.3 Å². The number of aromatic amines is 1. The fourth-order valence-electron chi connectivity index (χ4n) is 4.17. The maximum Gasteiger partial charge on any atom is 0.337 e. The van der Waals surface area contributed by atoms with Gasteiger partial charge in [-0.2, -0.15) is 4.57 Å². The summed E-state index contributed by atoms with van der Waals surface area (Å²) >= 11 is 6.08. The zero-order valence-electron chi connectivity index (χ0n) is 18.3. The molecule has 0 unspecified atom stereocenters. The predicted molar refractivity (Wildman–Crippen MR) is 130 cm³/mol. The van der Waals surface area contributed by atoms with E-state index in [1.165, 1.54) is 7.11 Å². The van der Waals surface area contributed by atoms with Gasteiger partial charge in [0.25, 0.3) is 0 Å². The lowest BCUT2D eigenvalue weighted by Crippen LogP contribution is -2.36. The third-order valence-electron chi connectivity index (χ3n) is 5.84. The molecular weight excluding hydrogens is 436 g/mol. The molecule has 6 heteroatoms. The first-order chi connectivity index (χ1) is 16.1. The Labute approximate surface area is 196 Å². The first-order valence-corrected chi connectivity index (χ1v) is 10.9. The van der Waals surface area contributed by atoms with Crippen molar-refractivity contribution in [1.82, 2.24) is 4.98 Å². The largest absolute Gasteiger partial charge is 0.497 e. The molecule has 0 aliphatic rings. The molecule has 2 heterocycles. The molecule has 0 aliphatic carbocycles. The number of hydrogen-bond donors (Lipinski definition) is 1. The Bertz CT molecular complexity index is 1470. The lowest BCUT2D eigenvalue weighted by Gasteiger charge is -2.07. The number of aromatic nitrogens is 2. The van der Waals surface area contributed by atoms with E-state index in [0.29, 0.717) is 17.1 Å². The Morgan fingerprint density at radius 3 is 2.39 bits per heavy atom. The van der Waals surface area contributed by atoms with Gasteiger partial charge in [0.05, 0.1) is 19.8 Å². The minimum atomic E-state index is -0.355. The molecule has 5 aromatic rings. The van der Waals surface area contributed by atoms with Crippen LogP contribution in [0, 0.1) is 0 Å². The smallest absolute Gasteiger partial charge is 0.337 e. The van der Waals surface area contributed by atoms with E-state index in [0.717, 1.165) is 44.4 Å². The molecule has 33 heavy (non-hydrogen) atoms. The summed E-state index contributed by atoms with van der Waals surface area (Å²) in [6.45, 7) is 0.667. The minimum Gasteiger partial charge on any atom is -0.497 e. The van der Waals surface area contributed by atoms with Crippen LogP contribution in [-0.4, -0.2) is 25.2 Å². The second kappa shape index (κ2) is 8.60. The number of nitrogens with zero attached hydrogens (tertiary/aromatic N) is 1. The van der Waals surface area contributed by atoms with Gasteiger partial charge in [-0.05, 0) is 54.6 Å². The SMILES string of the molecule is COC(=O)c1ccc(-c2c3[nH]c4ccc(OC)cc4c3cc[n+]2Cc2ccc(Cl)cc2)cc1. The van der Waals surface area contributed by atoms with E-state index < -0.39 is 0 Å².